The molecule has 0 bridgehead atoms. The van der Waals surface area contributed by atoms with Crippen molar-refractivity contribution in [3.05, 3.63) is 40.1 Å². The predicted molar refractivity (Wildman–Crippen MR) is 86.8 cm³/mol. The molecule has 2 aromatic rings. The summed E-state index contributed by atoms with van der Waals surface area (Å²) in [6, 6.07) is 7.09. The highest BCUT2D eigenvalue weighted by molar-refractivity contribution is 9.10. The third-order valence-electron chi connectivity index (χ3n) is 3.03. The van der Waals surface area contributed by atoms with Crippen LogP contribution in [0.4, 0.5) is 11.5 Å². The SMILES string of the molecule is CC(=O)N(CC(=O)Nc1cc(C)on1)c1ccc(Br)c(C)c1. The maximum absolute atomic E-state index is 12.1. The summed E-state index contributed by atoms with van der Waals surface area (Å²) >= 11 is 3.41. The standard InChI is InChI=1S/C15H16BrN3O3/c1-9-6-12(4-5-13(9)16)19(11(3)20)8-15(21)17-14-7-10(2)22-18-14/h4-7H,8H2,1-3H3,(H,17,18,21). The Labute approximate surface area is 136 Å². The Bertz CT molecular complexity index is 712. The number of carbonyl (C=O) groups excluding carboxylic acids is 2. The molecule has 6 nitrogen and oxygen atoms in total. The predicted octanol–water partition coefficient (Wildman–Crippen LogP) is 3.05. The largest absolute Gasteiger partial charge is 0.360 e. The summed E-state index contributed by atoms with van der Waals surface area (Å²) < 4.78 is 5.83. The maximum atomic E-state index is 12.1. The van der Waals surface area contributed by atoms with Gasteiger partial charge in [-0.2, -0.15) is 0 Å². The second-order valence-electron chi connectivity index (χ2n) is 4.91. The molecule has 1 heterocycles. The number of aryl methyl sites for hydroxylation is 2. The number of aromatic nitrogens is 1. The second kappa shape index (κ2) is 6.74. The number of nitrogens with zero attached hydrogens (tertiary/aromatic N) is 2. The van der Waals surface area contributed by atoms with Crippen LogP contribution in [-0.4, -0.2) is 23.5 Å². The van der Waals surface area contributed by atoms with Crippen molar-refractivity contribution in [3.63, 3.8) is 0 Å². The van der Waals surface area contributed by atoms with E-state index < -0.39 is 0 Å². The highest BCUT2D eigenvalue weighted by atomic mass is 79.9. The molecule has 0 unspecified atom stereocenters. The van der Waals surface area contributed by atoms with Crippen molar-refractivity contribution in [1.29, 1.82) is 0 Å². The number of amides is 2. The zero-order valence-corrected chi connectivity index (χ0v) is 14.1. The molecule has 116 valence electrons. The Morgan fingerprint density at radius 3 is 2.59 bits per heavy atom. The molecule has 0 aliphatic heterocycles. The maximum Gasteiger partial charge on any atom is 0.245 e. The van der Waals surface area contributed by atoms with Gasteiger partial charge >= 0.3 is 0 Å². The molecular weight excluding hydrogens is 350 g/mol. The van der Waals surface area contributed by atoms with E-state index in [1.807, 2.05) is 19.1 Å². The summed E-state index contributed by atoms with van der Waals surface area (Å²) in [5, 5.41) is 6.29. The van der Waals surface area contributed by atoms with Gasteiger partial charge in [-0.05, 0) is 37.6 Å². The van der Waals surface area contributed by atoms with Gasteiger partial charge in [0.05, 0.1) is 0 Å². The molecule has 1 N–H and O–H groups in total. The van der Waals surface area contributed by atoms with Gasteiger partial charge in [0.1, 0.15) is 12.3 Å². The number of hydrogen-bond donors (Lipinski definition) is 1. The molecule has 0 radical (unpaired) electrons. The van der Waals surface area contributed by atoms with Gasteiger partial charge in [0, 0.05) is 23.2 Å². The lowest BCUT2D eigenvalue weighted by Crippen LogP contribution is -2.36. The summed E-state index contributed by atoms with van der Waals surface area (Å²) in [5.74, 6) is 0.373. The Balaban J connectivity index is 2.13. The van der Waals surface area contributed by atoms with Gasteiger partial charge in [0.2, 0.25) is 11.8 Å². The average Bonchev–Trinajstić information content (AvgIpc) is 2.84. The number of benzene rings is 1. The Kier molecular flexibility index (Phi) is 4.97. The molecule has 0 atom stereocenters. The molecule has 0 saturated carbocycles. The van der Waals surface area contributed by atoms with Crippen LogP contribution in [0.1, 0.15) is 18.2 Å². The van der Waals surface area contributed by atoms with E-state index in [0.717, 1.165) is 10.0 Å². The fraction of sp³-hybridized carbons (Fsp3) is 0.267. The van der Waals surface area contributed by atoms with Gasteiger partial charge in [-0.1, -0.05) is 21.1 Å². The van der Waals surface area contributed by atoms with Gasteiger partial charge < -0.3 is 14.7 Å². The van der Waals surface area contributed by atoms with Crippen LogP contribution in [0.15, 0.2) is 33.3 Å². The zero-order valence-electron chi connectivity index (χ0n) is 12.5. The molecule has 1 aromatic heterocycles. The number of carbonyl (C=O) groups is 2. The van der Waals surface area contributed by atoms with Crippen molar-refractivity contribution in [2.45, 2.75) is 20.8 Å². The van der Waals surface area contributed by atoms with Crippen LogP contribution in [0.3, 0.4) is 0 Å². The van der Waals surface area contributed by atoms with E-state index in [-0.39, 0.29) is 18.4 Å². The third kappa shape index (κ3) is 3.94. The van der Waals surface area contributed by atoms with Crippen LogP contribution in [0, 0.1) is 13.8 Å². The number of anilines is 2. The monoisotopic (exact) mass is 365 g/mol. The first-order chi connectivity index (χ1) is 10.4. The Morgan fingerprint density at radius 2 is 2.05 bits per heavy atom. The van der Waals surface area contributed by atoms with Crippen molar-refractivity contribution in [1.82, 2.24) is 5.16 Å². The van der Waals surface area contributed by atoms with Crippen LogP contribution in [0.5, 0.6) is 0 Å². The second-order valence-corrected chi connectivity index (χ2v) is 5.76. The minimum Gasteiger partial charge on any atom is -0.360 e. The van der Waals surface area contributed by atoms with Crippen molar-refractivity contribution in [2.75, 3.05) is 16.8 Å². The number of nitrogens with one attached hydrogen (secondary N) is 1. The van der Waals surface area contributed by atoms with E-state index in [9.17, 15) is 9.59 Å². The molecule has 0 fully saturated rings. The molecule has 0 aliphatic carbocycles. The molecule has 0 spiro atoms. The molecule has 22 heavy (non-hydrogen) atoms. The fourth-order valence-electron chi connectivity index (χ4n) is 1.93. The van der Waals surface area contributed by atoms with Crippen molar-refractivity contribution < 1.29 is 14.1 Å². The molecule has 2 rings (SSSR count). The first-order valence-electron chi connectivity index (χ1n) is 6.64. The van der Waals surface area contributed by atoms with Gasteiger partial charge in [0.25, 0.3) is 0 Å². The van der Waals surface area contributed by atoms with Gasteiger partial charge in [-0.25, -0.2) is 0 Å². The minimum atomic E-state index is -0.343. The summed E-state index contributed by atoms with van der Waals surface area (Å²) in [5.41, 5.74) is 1.65. The first kappa shape index (κ1) is 16.2. The van der Waals surface area contributed by atoms with Gasteiger partial charge in [0.15, 0.2) is 5.82 Å². The van der Waals surface area contributed by atoms with E-state index in [0.29, 0.717) is 17.3 Å². The molecule has 0 saturated heterocycles. The summed E-state index contributed by atoms with van der Waals surface area (Å²) in [4.78, 5) is 25.3. The van der Waals surface area contributed by atoms with Crippen molar-refractivity contribution in [3.8, 4) is 0 Å². The first-order valence-corrected chi connectivity index (χ1v) is 7.43. The molecule has 1 aromatic carbocycles. The topological polar surface area (TPSA) is 75.4 Å². The lowest BCUT2D eigenvalue weighted by Gasteiger charge is -2.21. The van der Waals surface area contributed by atoms with E-state index in [2.05, 4.69) is 26.4 Å². The zero-order chi connectivity index (χ0) is 16.3. The molecule has 2 amide bonds. The van der Waals surface area contributed by atoms with Crippen LogP contribution < -0.4 is 10.2 Å². The molecule has 7 heteroatoms. The Hall–Kier alpha value is -2.15. The smallest absolute Gasteiger partial charge is 0.245 e. The van der Waals surface area contributed by atoms with E-state index in [1.165, 1.54) is 11.8 Å². The molecule has 0 aliphatic rings. The van der Waals surface area contributed by atoms with Gasteiger partial charge in [-0.15, -0.1) is 0 Å². The highest BCUT2D eigenvalue weighted by Gasteiger charge is 2.17. The van der Waals surface area contributed by atoms with Crippen molar-refractivity contribution in [2.24, 2.45) is 0 Å². The average molecular weight is 366 g/mol. The van der Waals surface area contributed by atoms with E-state index in [4.69, 9.17) is 4.52 Å². The minimum absolute atomic E-state index is 0.0949. The van der Waals surface area contributed by atoms with Gasteiger partial charge in [-0.3, -0.25) is 9.59 Å². The van der Waals surface area contributed by atoms with Crippen molar-refractivity contribution >= 4 is 39.2 Å². The van der Waals surface area contributed by atoms with E-state index in [1.54, 1.807) is 19.1 Å². The third-order valence-corrected chi connectivity index (χ3v) is 3.92. The lowest BCUT2D eigenvalue weighted by molar-refractivity contribution is -0.120. The van der Waals surface area contributed by atoms with Crippen LogP contribution in [0.25, 0.3) is 0 Å². The number of hydrogen-bond acceptors (Lipinski definition) is 4. The summed E-state index contributed by atoms with van der Waals surface area (Å²) in [6.45, 7) is 4.98. The Morgan fingerprint density at radius 1 is 1.32 bits per heavy atom. The number of halogens is 1. The van der Waals surface area contributed by atoms with Crippen LogP contribution >= 0.6 is 15.9 Å². The number of rotatable bonds is 4. The quantitative estimate of drug-likeness (QED) is 0.903. The summed E-state index contributed by atoms with van der Waals surface area (Å²) in [7, 11) is 0. The lowest BCUT2D eigenvalue weighted by atomic mass is 10.2. The normalized spacial score (nSPS) is 10.4. The molecular formula is C15H16BrN3O3. The fourth-order valence-corrected chi connectivity index (χ4v) is 2.18. The van der Waals surface area contributed by atoms with Crippen LogP contribution in [-0.2, 0) is 9.59 Å². The van der Waals surface area contributed by atoms with E-state index >= 15 is 0 Å². The highest BCUT2D eigenvalue weighted by Crippen LogP contribution is 2.23. The van der Waals surface area contributed by atoms with Crippen LogP contribution in [0.2, 0.25) is 0 Å². The summed E-state index contributed by atoms with van der Waals surface area (Å²) in [6.07, 6.45) is 0.